The van der Waals surface area contributed by atoms with Crippen LogP contribution in [0.15, 0.2) is 47.9 Å². The van der Waals surface area contributed by atoms with Gasteiger partial charge in [-0.25, -0.2) is 8.42 Å². The van der Waals surface area contributed by atoms with Gasteiger partial charge in [-0.1, -0.05) is 57.2 Å². The van der Waals surface area contributed by atoms with E-state index in [2.05, 4.69) is 6.58 Å². The Balaban J connectivity index is 0.00000242. The first-order valence-electron chi connectivity index (χ1n) is 6.91. The average Bonchev–Trinajstić information content (AvgIpc) is 2.43. The van der Waals surface area contributed by atoms with Crippen LogP contribution in [0.2, 0.25) is 0 Å². The van der Waals surface area contributed by atoms with Crippen LogP contribution in [-0.4, -0.2) is 13.0 Å². The molecule has 0 fully saturated rings. The Kier molecular flexibility index (Phi) is 7.02. The van der Waals surface area contributed by atoms with E-state index in [1.807, 2.05) is 39.0 Å². The van der Waals surface area contributed by atoms with Crippen molar-refractivity contribution in [2.75, 3.05) is 0 Å². The second-order valence-corrected chi connectivity index (χ2v) is 6.88. The van der Waals surface area contributed by atoms with Gasteiger partial charge in [-0.05, 0) is 27.8 Å². The van der Waals surface area contributed by atoms with Crippen molar-refractivity contribution in [3.63, 3.8) is 0 Å². The van der Waals surface area contributed by atoms with E-state index in [1.165, 1.54) is 0 Å². The van der Waals surface area contributed by atoms with Gasteiger partial charge in [0.25, 0.3) is 0 Å². The number of benzene rings is 2. The largest absolute Gasteiger partial charge is 1.00 e. The molecule has 1 atom stereocenters. The second-order valence-electron chi connectivity index (χ2n) is 5.56. The van der Waals surface area contributed by atoms with Crippen molar-refractivity contribution in [2.24, 2.45) is 0 Å². The molecule has 2 rings (SSSR count). The zero-order valence-corrected chi connectivity index (χ0v) is 17.4. The van der Waals surface area contributed by atoms with Crippen LogP contribution in [0.25, 0.3) is 10.8 Å². The van der Waals surface area contributed by atoms with Crippen molar-refractivity contribution in [3.05, 3.63) is 54.1 Å². The molecule has 5 heteroatoms. The fourth-order valence-electron chi connectivity index (χ4n) is 2.69. The van der Waals surface area contributed by atoms with Gasteiger partial charge in [0, 0.05) is 5.92 Å². The van der Waals surface area contributed by atoms with Gasteiger partial charge < -0.3 is 4.55 Å². The number of hydrogen-bond donors (Lipinski definition) is 0. The molecule has 0 saturated heterocycles. The second kappa shape index (κ2) is 7.70. The van der Waals surface area contributed by atoms with E-state index in [-0.39, 0.29) is 68.1 Å². The molecule has 1 unspecified atom stereocenters. The summed E-state index contributed by atoms with van der Waals surface area (Å²) < 4.78 is 35.6. The summed E-state index contributed by atoms with van der Waals surface area (Å²) in [5, 5.41) is 1.26. The van der Waals surface area contributed by atoms with Gasteiger partial charge in [-0.3, -0.25) is 0 Å². The minimum absolute atomic E-state index is 0. The Morgan fingerprint density at radius 3 is 2.27 bits per heavy atom. The van der Waals surface area contributed by atoms with E-state index in [1.54, 1.807) is 18.2 Å². The number of allylic oxidation sites excluding steroid dienone is 1. The summed E-state index contributed by atoms with van der Waals surface area (Å²) in [6.45, 7) is 9.58. The zero-order chi connectivity index (χ0) is 15.8. The van der Waals surface area contributed by atoms with Crippen LogP contribution in [0.5, 0.6) is 0 Å². The normalized spacial score (nSPS) is 13.0. The van der Waals surface area contributed by atoms with Gasteiger partial charge in [-0.2, -0.15) is 0 Å². The molecule has 0 radical (unpaired) electrons. The van der Waals surface area contributed by atoms with Crippen molar-refractivity contribution in [3.8, 4) is 0 Å². The summed E-state index contributed by atoms with van der Waals surface area (Å²) >= 11 is 0. The molecule has 0 aromatic heterocycles. The summed E-state index contributed by atoms with van der Waals surface area (Å²) in [6, 6.07) is 9.07. The van der Waals surface area contributed by atoms with Gasteiger partial charge in [0.15, 0.2) is 0 Å². The molecular formula is C17H19KO3S. The molecule has 0 amide bonds. The van der Waals surface area contributed by atoms with E-state index in [0.29, 0.717) is 10.9 Å². The Morgan fingerprint density at radius 1 is 1.18 bits per heavy atom. The first kappa shape index (κ1) is 20.0. The zero-order valence-electron chi connectivity index (χ0n) is 13.5. The van der Waals surface area contributed by atoms with Gasteiger partial charge in [0.2, 0.25) is 0 Å². The van der Waals surface area contributed by atoms with E-state index >= 15 is 0 Å². The third kappa shape index (κ3) is 3.90. The van der Waals surface area contributed by atoms with Crippen LogP contribution >= 0.6 is 0 Å². The van der Waals surface area contributed by atoms with Crippen LogP contribution in [0.1, 0.15) is 43.7 Å². The number of rotatable bonds is 4. The molecule has 0 aliphatic carbocycles. The van der Waals surface area contributed by atoms with Crippen molar-refractivity contribution in [1.29, 1.82) is 0 Å². The van der Waals surface area contributed by atoms with E-state index in [4.69, 9.17) is 0 Å². The van der Waals surface area contributed by atoms with Crippen LogP contribution in [-0.2, 0) is 10.1 Å². The Hall–Kier alpha value is -0.0136. The summed E-state index contributed by atoms with van der Waals surface area (Å²) in [4.78, 5) is -0.100. The Bertz CT molecular complexity index is 795. The van der Waals surface area contributed by atoms with E-state index < -0.39 is 10.1 Å². The number of hydrogen-bond acceptors (Lipinski definition) is 3. The van der Waals surface area contributed by atoms with Gasteiger partial charge in [0.05, 0.1) is 4.90 Å². The maximum Gasteiger partial charge on any atom is 1.00 e. The van der Waals surface area contributed by atoms with Gasteiger partial charge in [0.1, 0.15) is 10.1 Å². The summed E-state index contributed by atoms with van der Waals surface area (Å²) in [5.41, 5.74) is 1.46. The van der Waals surface area contributed by atoms with Gasteiger partial charge in [-0.15, -0.1) is 6.58 Å². The molecule has 0 aliphatic heterocycles. The van der Waals surface area contributed by atoms with Crippen LogP contribution in [0, 0.1) is 0 Å². The first-order valence-corrected chi connectivity index (χ1v) is 8.32. The molecule has 112 valence electrons. The molecule has 0 N–H and O–H groups in total. The molecular weight excluding hydrogens is 323 g/mol. The monoisotopic (exact) mass is 342 g/mol. The fourth-order valence-corrected chi connectivity index (χ4v) is 3.71. The predicted molar refractivity (Wildman–Crippen MR) is 84.6 cm³/mol. The van der Waals surface area contributed by atoms with Crippen LogP contribution < -0.4 is 51.4 Å². The quantitative estimate of drug-likeness (QED) is 0.476. The van der Waals surface area contributed by atoms with Crippen molar-refractivity contribution >= 4 is 20.9 Å². The topological polar surface area (TPSA) is 57.2 Å². The van der Waals surface area contributed by atoms with E-state index in [9.17, 15) is 13.0 Å². The van der Waals surface area contributed by atoms with E-state index in [0.717, 1.165) is 10.9 Å². The Morgan fingerprint density at radius 2 is 1.77 bits per heavy atom. The first-order chi connectivity index (χ1) is 9.77. The molecule has 2 aromatic rings. The molecule has 0 spiro atoms. The Labute approximate surface area is 175 Å². The molecule has 3 nitrogen and oxygen atoms in total. The van der Waals surface area contributed by atoms with Crippen LogP contribution in [0.3, 0.4) is 0 Å². The summed E-state index contributed by atoms with van der Waals surface area (Å²) in [7, 11) is -4.57. The maximum atomic E-state index is 11.9. The number of fused-ring (bicyclic) bond motifs is 1. The summed E-state index contributed by atoms with van der Waals surface area (Å²) in [6.07, 6.45) is 1.67. The molecule has 22 heavy (non-hydrogen) atoms. The molecule has 0 heterocycles. The van der Waals surface area contributed by atoms with Crippen molar-refractivity contribution in [1.82, 2.24) is 0 Å². The minimum Gasteiger partial charge on any atom is -0.744 e. The van der Waals surface area contributed by atoms with Gasteiger partial charge >= 0.3 is 51.4 Å². The van der Waals surface area contributed by atoms with Crippen LogP contribution in [0.4, 0.5) is 0 Å². The minimum atomic E-state index is -4.57. The SMILES string of the molecule is C=CC(C)c1c(C(C)C)cc2ccccc2c1S(=O)(=O)[O-].[K+]. The summed E-state index contributed by atoms with van der Waals surface area (Å²) in [5.74, 6) is -0.0850. The molecule has 0 aliphatic rings. The predicted octanol–water partition coefficient (Wildman–Crippen LogP) is 1.16. The third-order valence-corrected chi connectivity index (χ3v) is 4.69. The van der Waals surface area contributed by atoms with Crippen molar-refractivity contribution in [2.45, 2.75) is 37.5 Å². The molecule has 0 saturated carbocycles. The standard InChI is InChI=1S/C17H20O3S.K/c1-5-12(4)16-15(11(2)3)10-13-8-6-7-9-14(13)17(16)21(18,19)20;/h5-12H,1H2,2-4H3,(H,18,19,20);/q;+1/p-1. The van der Waals surface area contributed by atoms with Crippen molar-refractivity contribution < 1.29 is 64.4 Å². The smallest absolute Gasteiger partial charge is 0.744 e. The molecule has 0 bridgehead atoms. The molecule has 2 aromatic carbocycles. The maximum absolute atomic E-state index is 11.9. The third-order valence-electron chi connectivity index (χ3n) is 3.75. The average molecular weight is 343 g/mol. The fraction of sp³-hybridized carbons (Fsp3) is 0.294.